The van der Waals surface area contributed by atoms with Crippen LogP contribution in [-0.2, 0) is 0 Å². The lowest BCUT2D eigenvalue weighted by atomic mass is 9.86. The Morgan fingerprint density at radius 3 is 2.39 bits per heavy atom. The van der Waals surface area contributed by atoms with Crippen LogP contribution >= 0.6 is 0 Å². The van der Waals surface area contributed by atoms with E-state index in [0.29, 0.717) is 5.92 Å². The van der Waals surface area contributed by atoms with Crippen LogP contribution in [0.1, 0.15) is 55.7 Å². The summed E-state index contributed by atoms with van der Waals surface area (Å²) in [5, 5.41) is 0. The number of hydrogen-bond donors (Lipinski definition) is 1. The van der Waals surface area contributed by atoms with Gasteiger partial charge in [0, 0.05) is 6.04 Å². The van der Waals surface area contributed by atoms with Gasteiger partial charge in [-0.05, 0) is 48.9 Å². The van der Waals surface area contributed by atoms with E-state index < -0.39 is 0 Å². The first-order valence-corrected chi connectivity index (χ1v) is 7.12. The SMILES string of the molecule is COc1ccc(C(N)C2CCCCCC2)c(C)c1. The second-order valence-corrected chi connectivity index (χ2v) is 5.50. The van der Waals surface area contributed by atoms with Crippen molar-refractivity contribution >= 4 is 0 Å². The Labute approximate surface area is 111 Å². The van der Waals surface area contributed by atoms with E-state index in [9.17, 15) is 0 Å². The van der Waals surface area contributed by atoms with Gasteiger partial charge >= 0.3 is 0 Å². The smallest absolute Gasteiger partial charge is 0.119 e. The Kier molecular flexibility index (Phi) is 4.65. The minimum absolute atomic E-state index is 0.189. The van der Waals surface area contributed by atoms with E-state index in [1.807, 2.05) is 6.07 Å². The second kappa shape index (κ2) is 6.24. The molecule has 1 atom stereocenters. The van der Waals surface area contributed by atoms with Crippen molar-refractivity contribution in [2.45, 2.75) is 51.5 Å². The van der Waals surface area contributed by atoms with Crippen molar-refractivity contribution in [3.63, 3.8) is 0 Å². The van der Waals surface area contributed by atoms with E-state index >= 15 is 0 Å². The van der Waals surface area contributed by atoms with Gasteiger partial charge in [0.05, 0.1) is 7.11 Å². The van der Waals surface area contributed by atoms with Crippen molar-refractivity contribution < 1.29 is 4.74 Å². The third-order valence-corrected chi connectivity index (χ3v) is 4.24. The lowest BCUT2D eigenvalue weighted by molar-refractivity contribution is 0.380. The molecule has 0 amide bonds. The highest BCUT2D eigenvalue weighted by atomic mass is 16.5. The summed E-state index contributed by atoms with van der Waals surface area (Å²) >= 11 is 0. The summed E-state index contributed by atoms with van der Waals surface area (Å²) in [6, 6.07) is 6.45. The van der Waals surface area contributed by atoms with E-state index in [0.717, 1.165) is 5.75 Å². The second-order valence-electron chi connectivity index (χ2n) is 5.50. The van der Waals surface area contributed by atoms with Gasteiger partial charge in [-0.1, -0.05) is 31.7 Å². The number of hydrogen-bond acceptors (Lipinski definition) is 2. The first-order valence-electron chi connectivity index (χ1n) is 7.12. The topological polar surface area (TPSA) is 35.2 Å². The van der Waals surface area contributed by atoms with E-state index in [1.54, 1.807) is 7.11 Å². The van der Waals surface area contributed by atoms with Crippen molar-refractivity contribution in [1.29, 1.82) is 0 Å². The van der Waals surface area contributed by atoms with E-state index in [2.05, 4.69) is 19.1 Å². The molecule has 0 saturated heterocycles. The maximum Gasteiger partial charge on any atom is 0.119 e. The van der Waals surface area contributed by atoms with Gasteiger partial charge in [0.2, 0.25) is 0 Å². The molecule has 1 aromatic rings. The van der Waals surface area contributed by atoms with Gasteiger partial charge in [0.25, 0.3) is 0 Å². The molecule has 0 aliphatic heterocycles. The van der Waals surface area contributed by atoms with Crippen LogP contribution in [0, 0.1) is 12.8 Å². The van der Waals surface area contributed by atoms with Crippen LogP contribution in [0.2, 0.25) is 0 Å². The van der Waals surface area contributed by atoms with Gasteiger partial charge in [-0.2, -0.15) is 0 Å². The Morgan fingerprint density at radius 1 is 1.17 bits per heavy atom. The molecule has 1 aliphatic rings. The van der Waals surface area contributed by atoms with Gasteiger partial charge in [-0.3, -0.25) is 0 Å². The third-order valence-electron chi connectivity index (χ3n) is 4.24. The zero-order valence-corrected chi connectivity index (χ0v) is 11.6. The van der Waals surface area contributed by atoms with E-state index in [1.165, 1.54) is 49.7 Å². The first kappa shape index (κ1) is 13.4. The molecule has 1 aromatic carbocycles. The summed E-state index contributed by atoms with van der Waals surface area (Å²) in [7, 11) is 1.71. The molecule has 0 spiro atoms. The summed E-state index contributed by atoms with van der Waals surface area (Å²) < 4.78 is 5.25. The number of methoxy groups -OCH3 is 1. The zero-order chi connectivity index (χ0) is 13.0. The molecule has 1 fully saturated rings. The monoisotopic (exact) mass is 247 g/mol. The lowest BCUT2D eigenvalue weighted by Gasteiger charge is -2.24. The zero-order valence-electron chi connectivity index (χ0n) is 11.6. The Bertz CT molecular complexity index is 381. The molecular weight excluding hydrogens is 222 g/mol. The molecule has 1 unspecified atom stereocenters. The molecular formula is C16H25NO. The van der Waals surface area contributed by atoms with Gasteiger partial charge in [-0.15, -0.1) is 0 Å². The van der Waals surface area contributed by atoms with Crippen LogP contribution in [0.15, 0.2) is 18.2 Å². The van der Waals surface area contributed by atoms with Crippen LogP contribution in [-0.4, -0.2) is 7.11 Å². The molecule has 18 heavy (non-hydrogen) atoms. The van der Waals surface area contributed by atoms with Crippen LogP contribution in [0.25, 0.3) is 0 Å². The van der Waals surface area contributed by atoms with Crippen molar-refractivity contribution in [1.82, 2.24) is 0 Å². The molecule has 0 heterocycles. The summed E-state index contributed by atoms with van der Waals surface area (Å²) in [4.78, 5) is 0. The molecule has 0 bridgehead atoms. The summed E-state index contributed by atoms with van der Waals surface area (Å²) in [5.74, 6) is 1.57. The fraction of sp³-hybridized carbons (Fsp3) is 0.625. The predicted octanol–water partition coefficient (Wildman–Crippen LogP) is 3.97. The normalized spacial score (nSPS) is 19.3. The van der Waals surface area contributed by atoms with E-state index in [-0.39, 0.29) is 6.04 Å². The Hall–Kier alpha value is -1.02. The predicted molar refractivity (Wildman–Crippen MR) is 75.9 cm³/mol. The maximum absolute atomic E-state index is 6.49. The lowest BCUT2D eigenvalue weighted by Crippen LogP contribution is -2.22. The quantitative estimate of drug-likeness (QED) is 0.820. The highest BCUT2D eigenvalue weighted by Crippen LogP contribution is 2.34. The molecule has 0 radical (unpaired) electrons. The van der Waals surface area contributed by atoms with Gasteiger partial charge in [0.1, 0.15) is 5.75 Å². The van der Waals surface area contributed by atoms with Crippen molar-refractivity contribution in [3.05, 3.63) is 29.3 Å². The summed E-state index contributed by atoms with van der Waals surface area (Å²) in [6.45, 7) is 2.13. The molecule has 2 rings (SSSR count). The largest absolute Gasteiger partial charge is 0.497 e. The molecule has 1 aliphatic carbocycles. The van der Waals surface area contributed by atoms with E-state index in [4.69, 9.17) is 10.5 Å². The molecule has 0 aromatic heterocycles. The molecule has 2 N–H and O–H groups in total. The van der Waals surface area contributed by atoms with Crippen molar-refractivity contribution in [2.24, 2.45) is 11.7 Å². The van der Waals surface area contributed by atoms with Crippen molar-refractivity contribution in [2.75, 3.05) is 7.11 Å². The Morgan fingerprint density at radius 2 is 1.83 bits per heavy atom. The fourth-order valence-corrected chi connectivity index (χ4v) is 3.07. The highest BCUT2D eigenvalue weighted by molar-refractivity contribution is 5.36. The third kappa shape index (κ3) is 3.05. The number of rotatable bonds is 3. The minimum Gasteiger partial charge on any atom is -0.497 e. The number of aryl methyl sites for hydroxylation is 1. The summed E-state index contributed by atoms with van der Waals surface area (Å²) in [5.41, 5.74) is 9.04. The van der Waals surface area contributed by atoms with Gasteiger partial charge < -0.3 is 10.5 Å². The molecule has 2 nitrogen and oxygen atoms in total. The molecule has 2 heteroatoms. The van der Waals surface area contributed by atoms with Crippen LogP contribution in [0.3, 0.4) is 0 Å². The first-order chi connectivity index (χ1) is 8.72. The molecule has 1 saturated carbocycles. The number of ether oxygens (including phenoxy) is 1. The average molecular weight is 247 g/mol. The number of nitrogens with two attached hydrogens (primary N) is 1. The number of benzene rings is 1. The minimum atomic E-state index is 0.189. The van der Waals surface area contributed by atoms with Crippen molar-refractivity contribution in [3.8, 4) is 5.75 Å². The standard InChI is InChI=1S/C16H25NO/c1-12-11-14(18-2)9-10-15(12)16(17)13-7-5-3-4-6-8-13/h9-11,13,16H,3-8,17H2,1-2H3. The van der Waals surface area contributed by atoms with Crippen LogP contribution in [0.5, 0.6) is 5.75 Å². The maximum atomic E-state index is 6.49. The van der Waals surface area contributed by atoms with Crippen LogP contribution in [0.4, 0.5) is 0 Å². The fourth-order valence-electron chi connectivity index (χ4n) is 3.07. The molecule has 100 valence electrons. The highest BCUT2D eigenvalue weighted by Gasteiger charge is 2.22. The van der Waals surface area contributed by atoms with Crippen LogP contribution < -0.4 is 10.5 Å². The average Bonchev–Trinajstić information content (AvgIpc) is 2.66. The van der Waals surface area contributed by atoms with Gasteiger partial charge in [0.15, 0.2) is 0 Å². The Balaban J connectivity index is 2.14. The summed E-state index contributed by atoms with van der Waals surface area (Å²) in [6.07, 6.45) is 8.01. The van der Waals surface area contributed by atoms with Gasteiger partial charge in [-0.25, -0.2) is 0 Å².